The van der Waals surface area contributed by atoms with Crippen LogP contribution in [0.2, 0.25) is 0 Å². The molecule has 0 N–H and O–H groups in total. The van der Waals surface area contributed by atoms with Gasteiger partial charge in [0.05, 0.1) is 18.2 Å². The number of aryl methyl sites for hydroxylation is 1. The Bertz CT molecular complexity index is 658. The molecule has 1 aromatic rings. The van der Waals surface area contributed by atoms with Gasteiger partial charge < -0.3 is 9.47 Å². The van der Waals surface area contributed by atoms with Crippen LogP contribution in [-0.4, -0.2) is 38.0 Å². The molecular weight excluding hydrogens is 339 g/mol. The maximum Gasteiger partial charge on any atom is 0.414 e. The highest BCUT2D eigenvalue weighted by atomic mass is 19.4. The van der Waals surface area contributed by atoms with Gasteiger partial charge in [0.25, 0.3) is 0 Å². The maximum atomic E-state index is 13.4. The third kappa shape index (κ3) is 4.05. The number of para-hydroxylation sites is 1. The SMILES string of the molecule is COC(=O)C(C)(C)COC(=O)N1c2ccccc2CCC1C(F)(F)F. The quantitative estimate of drug-likeness (QED) is 0.772. The number of carbonyl (C=O) groups is 2. The zero-order valence-corrected chi connectivity index (χ0v) is 14.2. The summed E-state index contributed by atoms with van der Waals surface area (Å²) < 4.78 is 49.8. The summed E-state index contributed by atoms with van der Waals surface area (Å²) in [6.07, 6.45) is -5.73. The molecule has 8 heteroatoms. The van der Waals surface area contributed by atoms with Gasteiger partial charge in [-0.3, -0.25) is 9.69 Å². The minimum absolute atomic E-state index is 0.178. The fraction of sp³-hybridized carbons (Fsp3) is 0.529. The Balaban J connectivity index is 2.26. The van der Waals surface area contributed by atoms with Gasteiger partial charge in [-0.2, -0.15) is 13.2 Å². The molecule has 0 aromatic heterocycles. The van der Waals surface area contributed by atoms with Gasteiger partial charge in [-0.15, -0.1) is 0 Å². The zero-order chi connectivity index (χ0) is 18.8. The van der Waals surface area contributed by atoms with E-state index in [0.29, 0.717) is 10.5 Å². The predicted molar refractivity (Wildman–Crippen MR) is 84.2 cm³/mol. The summed E-state index contributed by atoms with van der Waals surface area (Å²) in [6.45, 7) is 2.58. The van der Waals surface area contributed by atoms with E-state index in [2.05, 4.69) is 4.74 Å². The first-order valence-corrected chi connectivity index (χ1v) is 7.77. The molecule has 25 heavy (non-hydrogen) atoms. The fourth-order valence-electron chi connectivity index (χ4n) is 2.73. The topological polar surface area (TPSA) is 55.8 Å². The van der Waals surface area contributed by atoms with E-state index in [0.717, 1.165) is 0 Å². The number of halogens is 3. The summed E-state index contributed by atoms with van der Waals surface area (Å²) in [7, 11) is 1.19. The number of ether oxygens (including phenoxy) is 2. The van der Waals surface area contributed by atoms with Gasteiger partial charge in [0.2, 0.25) is 0 Å². The van der Waals surface area contributed by atoms with Gasteiger partial charge in [-0.1, -0.05) is 18.2 Å². The average Bonchev–Trinajstić information content (AvgIpc) is 2.57. The highest BCUT2D eigenvalue weighted by molar-refractivity contribution is 5.90. The van der Waals surface area contributed by atoms with Crippen LogP contribution >= 0.6 is 0 Å². The standard InChI is InChI=1S/C17H20F3NO4/c1-16(2,14(22)24-3)10-25-15(23)21-12-7-5-4-6-11(12)8-9-13(21)17(18,19)20/h4-7,13H,8-10H2,1-3H3. The molecule has 0 fully saturated rings. The monoisotopic (exact) mass is 359 g/mol. The number of methoxy groups -OCH3 is 1. The number of anilines is 1. The van der Waals surface area contributed by atoms with Crippen molar-refractivity contribution in [2.75, 3.05) is 18.6 Å². The van der Waals surface area contributed by atoms with Gasteiger partial charge in [-0.05, 0) is 38.3 Å². The van der Waals surface area contributed by atoms with Crippen LogP contribution in [-0.2, 0) is 20.7 Å². The largest absolute Gasteiger partial charge is 0.469 e. The third-order valence-electron chi connectivity index (χ3n) is 4.12. The van der Waals surface area contributed by atoms with Crippen LogP contribution in [0.25, 0.3) is 0 Å². The number of hydrogen-bond acceptors (Lipinski definition) is 4. The molecular formula is C17H20F3NO4. The fourth-order valence-corrected chi connectivity index (χ4v) is 2.73. The van der Waals surface area contributed by atoms with Crippen LogP contribution < -0.4 is 4.90 Å². The van der Waals surface area contributed by atoms with Crippen LogP contribution in [0.5, 0.6) is 0 Å². The predicted octanol–water partition coefficient (Wildman–Crippen LogP) is 3.71. The molecule has 138 valence electrons. The molecule has 1 aliphatic heterocycles. The highest BCUT2D eigenvalue weighted by Gasteiger charge is 2.49. The van der Waals surface area contributed by atoms with E-state index >= 15 is 0 Å². The van der Waals surface area contributed by atoms with Gasteiger partial charge in [0.1, 0.15) is 12.6 Å². The van der Waals surface area contributed by atoms with Crippen LogP contribution in [0.1, 0.15) is 25.8 Å². The Labute approximate surface area is 143 Å². The second-order valence-electron chi connectivity index (χ2n) is 6.52. The molecule has 0 spiro atoms. The van der Waals surface area contributed by atoms with Crippen molar-refractivity contribution in [2.45, 2.75) is 38.9 Å². The van der Waals surface area contributed by atoms with Crippen molar-refractivity contribution >= 4 is 17.7 Å². The molecule has 5 nitrogen and oxygen atoms in total. The molecule has 0 saturated heterocycles. The molecule has 1 amide bonds. The minimum atomic E-state index is -4.58. The summed E-state index contributed by atoms with van der Waals surface area (Å²) in [5.41, 5.74) is -0.336. The lowest BCUT2D eigenvalue weighted by Crippen LogP contribution is -2.52. The smallest absolute Gasteiger partial charge is 0.414 e. The van der Waals surface area contributed by atoms with E-state index in [1.54, 1.807) is 18.2 Å². The number of fused-ring (bicyclic) bond motifs is 1. The van der Waals surface area contributed by atoms with Gasteiger partial charge >= 0.3 is 18.2 Å². The lowest BCUT2D eigenvalue weighted by atomic mass is 9.95. The van der Waals surface area contributed by atoms with Crippen LogP contribution in [0, 0.1) is 5.41 Å². The first-order chi connectivity index (χ1) is 11.6. The number of hydrogen-bond donors (Lipinski definition) is 0. The molecule has 1 unspecified atom stereocenters. The highest BCUT2D eigenvalue weighted by Crippen LogP contribution is 2.38. The Kier molecular flexibility index (Phi) is 5.29. The number of benzene rings is 1. The van der Waals surface area contributed by atoms with E-state index in [1.807, 2.05) is 0 Å². The van der Waals surface area contributed by atoms with Crippen LogP contribution in [0.15, 0.2) is 24.3 Å². The van der Waals surface area contributed by atoms with Gasteiger partial charge in [0, 0.05) is 0 Å². The first-order valence-electron chi connectivity index (χ1n) is 7.77. The van der Waals surface area contributed by atoms with Crippen molar-refractivity contribution in [1.29, 1.82) is 0 Å². The first kappa shape index (κ1) is 19.1. The summed E-state index contributed by atoms with van der Waals surface area (Å²) in [4.78, 5) is 24.7. The Hall–Kier alpha value is -2.25. The summed E-state index contributed by atoms with van der Waals surface area (Å²) in [5.74, 6) is -0.619. The van der Waals surface area contributed by atoms with Crippen LogP contribution in [0.4, 0.5) is 23.7 Å². The molecule has 1 heterocycles. The lowest BCUT2D eigenvalue weighted by molar-refractivity contribution is -0.154. The van der Waals surface area contributed by atoms with Gasteiger partial charge in [-0.25, -0.2) is 4.79 Å². The molecule has 1 aromatic carbocycles. The van der Waals surface area contributed by atoms with Crippen molar-refractivity contribution in [2.24, 2.45) is 5.41 Å². The number of alkyl halides is 3. The third-order valence-corrected chi connectivity index (χ3v) is 4.12. The summed E-state index contributed by atoms with van der Waals surface area (Å²) in [5, 5.41) is 0. The number of amides is 1. The molecule has 1 aliphatic rings. The Morgan fingerprint density at radius 1 is 1.24 bits per heavy atom. The second-order valence-corrected chi connectivity index (χ2v) is 6.52. The molecule has 0 radical (unpaired) electrons. The van der Waals surface area contributed by atoms with E-state index in [1.165, 1.54) is 27.0 Å². The average molecular weight is 359 g/mol. The van der Waals surface area contributed by atoms with E-state index in [-0.39, 0.29) is 25.1 Å². The number of rotatable bonds is 3. The van der Waals surface area contributed by atoms with Crippen molar-refractivity contribution in [3.05, 3.63) is 29.8 Å². The zero-order valence-electron chi connectivity index (χ0n) is 14.2. The molecule has 0 saturated carbocycles. The number of esters is 1. The molecule has 0 bridgehead atoms. The number of carbonyl (C=O) groups excluding carboxylic acids is 2. The van der Waals surface area contributed by atoms with Crippen molar-refractivity contribution in [1.82, 2.24) is 0 Å². The Morgan fingerprint density at radius 3 is 2.48 bits per heavy atom. The van der Waals surface area contributed by atoms with Crippen LogP contribution in [0.3, 0.4) is 0 Å². The van der Waals surface area contributed by atoms with Gasteiger partial charge in [0.15, 0.2) is 0 Å². The van der Waals surface area contributed by atoms with E-state index < -0.39 is 29.7 Å². The van der Waals surface area contributed by atoms with Crippen molar-refractivity contribution in [3.63, 3.8) is 0 Å². The van der Waals surface area contributed by atoms with Crippen molar-refractivity contribution < 1.29 is 32.2 Å². The summed E-state index contributed by atoms with van der Waals surface area (Å²) in [6, 6.07) is 4.45. The lowest BCUT2D eigenvalue weighted by Gasteiger charge is -2.37. The molecule has 0 aliphatic carbocycles. The summed E-state index contributed by atoms with van der Waals surface area (Å²) >= 11 is 0. The van der Waals surface area contributed by atoms with Crippen molar-refractivity contribution in [3.8, 4) is 0 Å². The number of nitrogens with zero attached hydrogens (tertiary/aromatic N) is 1. The molecule has 2 rings (SSSR count). The Morgan fingerprint density at radius 2 is 1.88 bits per heavy atom. The normalized spacial score (nSPS) is 17.7. The minimum Gasteiger partial charge on any atom is -0.469 e. The van der Waals surface area contributed by atoms with E-state index in [9.17, 15) is 22.8 Å². The molecule has 1 atom stereocenters. The maximum absolute atomic E-state index is 13.4. The second kappa shape index (κ2) is 6.93. The van der Waals surface area contributed by atoms with E-state index in [4.69, 9.17) is 4.74 Å².